The molecule has 0 aromatic heterocycles. The van der Waals surface area contributed by atoms with Gasteiger partial charge in [0.25, 0.3) is 0 Å². The van der Waals surface area contributed by atoms with Crippen LogP contribution in [0.1, 0.15) is 18.1 Å². The van der Waals surface area contributed by atoms with E-state index in [4.69, 9.17) is 25.1 Å². The molecular weight excluding hydrogens is 234 g/mol. The van der Waals surface area contributed by atoms with Gasteiger partial charge in [-0.25, -0.2) is 0 Å². The van der Waals surface area contributed by atoms with E-state index < -0.39 is 0 Å². The molecule has 1 atom stereocenters. The van der Waals surface area contributed by atoms with E-state index in [1.54, 1.807) is 20.3 Å². The molecule has 0 aliphatic carbocycles. The first-order chi connectivity index (χ1) is 8.74. The fourth-order valence-electron chi connectivity index (χ4n) is 1.61. The molecule has 1 aromatic carbocycles. The SMILES string of the molecule is COc1cc(OC)cc(C(CN)OCCCO)c1. The Labute approximate surface area is 107 Å². The second kappa shape index (κ2) is 7.92. The molecule has 0 fully saturated rings. The van der Waals surface area contributed by atoms with Crippen LogP contribution in [0, 0.1) is 0 Å². The van der Waals surface area contributed by atoms with Crippen molar-refractivity contribution >= 4 is 0 Å². The standard InChI is InChI=1S/C13H21NO4/c1-16-11-6-10(7-12(8-11)17-2)13(9-14)18-5-3-4-15/h6-8,13,15H,3-5,9,14H2,1-2H3. The predicted molar refractivity (Wildman–Crippen MR) is 69.0 cm³/mol. The Morgan fingerprint density at radius 3 is 2.22 bits per heavy atom. The summed E-state index contributed by atoms with van der Waals surface area (Å²) >= 11 is 0. The zero-order valence-electron chi connectivity index (χ0n) is 10.9. The van der Waals surface area contributed by atoms with Gasteiger partial charge in [0.15, 0.2) is 0 Å². The predicted octanol–water partition coefficient (Wildman–Crippen LogP) is 1.10. The summed E-state index contributed by atoms with van der Waals surface area (Å²) in [5.41, 5.74) is 6.61. The summed E-state index contributed by atoms with van der Waals surface area (Å²) in [6.45, 7) is 0.943. The Hall–Kier alpha value is -1.30. The number of benzene rings is 1. The quantitative estimate of drug-likeness (QED) is 0.680. The normalized spacial score (nSPS) is 12.2. The fraction of sp³-hybridized carbons (Fsp3) is 0.538. The van der Waals surface area contributed by atoms with Crippen molar-refractivity contribution in [3.8, 4) is 11.5 Å². The van der Waals surface area contributed by atoms with Gasteiger partial charge < -0.3 is 25.1 Å². The summed E-state index contributed by atoms with van der Waals surface area (Å²) in [7, 11) is 3.20. The van der Waals surface area contributed by atoms with E-state index in [2.05, 4.69) is 0 Å². The third-order valence-electron chi connectivity index (χ3n) is 2.58. The van der Waals surface area contributed by atoms with Crippen LogP contribution in [0.4, 0.5) is 0 Å². The lowest BCUT2D eigenvalue weighted by Gasteiger charge is -2.18. The van der Waals surface area contributed by atoms with Crippen LogP contribution in [-0.2, 0) is 4.74 Å². The van der Waals surface area contributed by atoms with Crippen LogP contribution in [0.15, 0.2) is 18.2 Å². The molecule has 0 radical (unpaired) electrons. The average molecular weight is 255 g/mol. The molecule has 0 heterocycles. The van der Waals surface area contributed by atoms with E-state index in [1.807, 2.05) is 12.1 Å². The number of aliphatic hydroxyl groups is 1. The second-order valence-corrected chi connectivity index (χ2v) is 3.82. The monoisotopic (exact) mass is 255 g/mol. The largest absolute Gasteiger partial charge is 0.497 e. The van der Waals surface area contributed by atoms with Gasteiger partial charge in [0.05, 0.1) is 20.3 Å². The lowest BCUT2D eigenvalue weighted by Crippen LogP contribution is -2.17. The third-order valence-corrected chi connectivity index (χ3v) is 2.58. The zero-order valence-corrected chi connectivity index (χ0v) is 10.9. The van der Waals surface area contributed by atoms with Crippen LogP contribution in [0.3, 0.4) is 0 Å². The maximum atomic E-state index is 8.74. The molecule has 1 rings (SSSR count). The molecule has 18 heavy (non-hydrogen) atoms. The van der Waals surface area contributed by atoms with Crippen LogP contribution >= 0.6 is 0 Å². The molecule has 0 bridgehead atoms. The highest BCUT2D eigenvalue weighted by atomic mass is 16.5. The molecule has 0 saturated heterocycles. The van der Waals surface area contributed by atoms with Crippen molar-refractivity contribution in [3.63, 3.8) is 0 Å². The maximum Gasteiger partial charge on any atom is 0.122 e. The van der Waals surface area contributed by atoms with Gasteiger partial charge in [-0.15, -0.1) is 0 Å². The van der Waals surface area contributed by atoms with Crippen molar-refractivity contribution in [1.82, 2.24) is 0 Å². The van der Waals surface area contributed by atoms with Gasteiger partial charge in [-0.2, -0.15) is 0 Å². The fourth-order valence-corrected chi connectivity index (χ4v) is 1.61. The highest BCUT2D eigenvalue weighted by Crippen LogP contribution is 2.27. The van der Waals surface area contributed by atoms with Crippen LogP contribution in [-0.4, -0.2) is 39.1 Å². The van der Waals surface area contributed by atoms with Gasteiger partial charge >= 0.3 is 0 Å². The van der Waals surface area contributed by atoms with E-state index in [0.29, 0.717) is 31.1 Å². The summed E-state index contributed by atoms with van der Waals surface area (Å²) in [6.07, 6.45) is 0.373. The molecule has 1 unspecified atom stereocenters. The first kappa shape index (κ1) is 14.8. The Morgan fingerprint density at radius 2 is 1.78 bits per heavy atom. The van der Waals surface area contributed by atoms with E-state index in [9.17, 15) is 0 Å². The van der Waals surface area contributed by atoms with Crippen LogP contribution in [0.5, 0.6) is 11.5 Å². The first-order valence-corrected chi connectivity index (χ1v) is 5.90. The minimum absolute atomic E-state index is 0.110. The minimum atomic E-state index is -0.222. The highest BCUT2D eigenvalue weighted by Gasteiger charge is 2.13. The summed E-state index contributed by atoms with van der Waals surface area (Å²) in [5.74, 6) is 1.40. The molecule has 102 valence electrons. The first-order valence-electron chi connectivity index (χ1n) is 5.90. The van der Waals surface area contributed by atoms with Gasteiger partial charge in [-0.1, -0.05) is 0 Å². The van der Waals surface area contributed by atoms with Crippen molar-refractivity contribution in [3.05, 3.63) is 23.8 Å². The molecule has 0 amide bonds. The van der Waals surface area contributed by atoms with Gasteiger partial charge in [0, 0.05) is 25.8 Å². The topological polar surface area (TPSA) is 73.9 Å². The Morgan fingerprint density at radius 1 is 1.17 bits per heavy atom. The Bertz CT molecular complexity index is 335. The summed E-state index contributed by atoms with van der Waals surface area (Å²) in [4.78, 5) is 0. The molecular formula is C13H21NO4. The Kier molecular flexibility index (Phi) is 6.49. The molecule has 0 saturated carbocycles. The zero-order chi connectivity index (χ0) is 13.4. The van der Waals surface area contributed by atoms with Crippen molar-refractivity contribution in [2.24, 2.45) is 5.73 Å². The van der Waals surface area contributed by atoms with Crippen molar-refractivity contribution in [2.45, 2.75) is 12.5 Å². The lowest BCUT2D eigenvalue weighted by atomic mass is 10.1. The third kappa shape index (κ3) is 4.18. The van der Waals surface area contributed by atoms with Crippen LogP contribution < -0.4 is 15.2 Å². The number of ether oxygens (including phenoxy) is 3. The van der Waals surface area contributed by atoms with E-state index in [0.717, 1.165) is 5.56 Å². The van der Waals surface area contributed by atoms with Crippen LogP contribution in [0.25, 0.3) is 0 Å². The van der Waals surface area contributed by atoms with Crippen LogP contribution in [0.2, 0.25) is 0 Å². The number of hydrogen-bond acceptors (Lipinski definition) is 5. The summed E-state index contributed by atoms with van der Waals surface area (Å²) < 4.78 is 16.0. The summed E-state index contributed by atoms with van der Waals surface area (Å²) in [5, 5.41) is 8.74. The highest BCUT2D eigenvalue weighted by molar-refractivity contribution is 5.39. The lowest BCUT2D eigenvalue weighted by molar-refractivity contribution is 0.0486. The molecule has 5 heteroatoms. The number of nitrogens with two attached hydrogens (primary N) is 1. The van der Waals surface area contributed by atoms with Crippen molar-refractivity contribution in [1.29, 1.82) is 0 Å². The van der Waals surface area contributed by atoms with Gasteiger partial charge in [0.1, 0.15) is 11.5 Å². The van der Waals surface area contributed by atoms with E-state index in [1.165, 1.54) is 0 Å². The number of rotatable bonds is 8. The molecule has 0 spiro atoms. The Balaban J connectivity index is 2.83. The maximum absolute atomic E-state index is 8.74. The number of hydrogen-bond donors (Lipinski definition) is 2. The molecule has 1 aromatic rings. The number of aliphatic hydroxyl groups excluding tert-OH is 1. The average Bonchev–Trinajstić information content (AvgIpc) is 2.43. The molecule has 3 N–H and O–H groups in total. The van der Waals surface area contributed by atoms with Gasteiger partial charge in [-0.3, -0.25) is 0 Å². The molecule has 5 nitrogen and oxygen atoms in total. The minimum Gasteiger partial charge on any atom is -0.497 e. The molecule has 0 aliphatic rings. The van der Waals surface area contributed by atoms with E-state index in [-0.39, 0.29) is 12.7 Å². The smallest absolute Gasteiger partial charge is 0.122 e. The number of methoxy groups -OCH3 is 2. The van der Waals surface area contributed by atoms with Gasteiger partial charge in [0.2, 0.25) is 0 Å². The second-order valence-electron chi connectivity index (χ2n) is 3.82. The van der Waals surface area contributed by atoms with E-state index >= 15 is 0 Å². The van der Waals surface area contributed by atoms with Crippen molar-refractivity contribution in [2.75, 3.05) is 34.0 Å². The summed E-state index contributed by atoms with van der Waals surface area (Å²) in [6, 6.07) is 5.54. The van der Waals surface area contributed by atoms with Gasteiger partial charge in [-0.05, 0) is 24.1 Å². The van der Waals surface area contributed by atoms with Crippen molar-refractivity contribution < 1.29 is 19.3 Å². The molecule has 0 aliphatic heterocycles.